The number of nitrogens with zero attached hydrogens (tertiary/aromatic N) is 4. The van der Waals surface area contributed by atoms with Crippen molar-refractivity contribution in [2.24, 2.45) is 13.0 Å². The summed E-state index contributed by atoms with van der Waals surface area (Å²) in [6, 6.07) is 5.94. The zero-order chi connectivity index (χ0) is 19.5. The predicted octanol–water partition coefficient (Wildman–Crippen LogP) is 1.51. The van der Waals surface area contributed by atoms with Crippen molar-refractivity contribution >= 4 is 22.7 Å². The van der Waals surface area contributed by atoms with Gasteiger partial charge in [-0.1, -0.05) is 6.07 Å². The van der Waals surface area contributed by atoms with Crippen molar-refractivity contribution < 1.29 is 9.59 Å². The zero-order valence-electron chi connectivity index (χ0n) is 15.9. The molecule has 3 heterocycles. The van der Waals surface area contributed by atoms with Gasteiger partial charge in [0.05, 0.1) is 29.9 Å². The molecule has 0 spiro atoms. The van der Waals surface area contributed by atoms with Crippen LogP contribution in [0.3, 0.4) is 0 Å². The average molecular weight is 380 g/mol. The molecule has 0 saturated carbocycles. The highest BCUT2D eigenvalue weighted by Gasteiger charge is 2.23. The number of amides is 2. The van der Waals surface area contributed by atoms with Gasteiger partial charge in [0.1, 0.15) is 0 Å². The van der Waals surface area contributed by atoms with Crippen LogP contribution >= 0.6 is 0 Å². The summed E-state index contributed by atoms with van der Waals surface area (Å²) in [5, 5.41) is 14.9. The number of hydrogen-bond donors (Lipinski definition) is 2. The first kappa shape index (κ1) is 18.2. The van der Waals surface area contributed by atoms with E-state index in [-0.39, 0.29) is 11.8 Å². The number of hydrogen-bond acceptors (Lipinski definition) is 4. The van der Waals surface area contributed by atoms with E-state index < -0.39 is 0 Å². The highest BCUT2D eigenvalue weighted by atomic mass is 16.2. The number of piperidine rings is 1. The topological polar surface area (TPSA) is 95.9 Å². The molecule has 1 aromatic carbocycles. The van der Waals surface area contributed by atoms with E-state index in [9.17, 15) is 9.59 Å². The van der Waals surface area contributed by atoms with Crippen LogP contribution in [0.1, 0.15) is 28.8 Å². The van der Waals surface area contributed by atoms with Crippen LogP contribution in [0.5, 0.6) is 0 Å². The summed E-state index contributed by atoms with van der Waals surface area (Å²) in [5.41, 5.74) is 2.56. The highest BCUT2D eigenvalue weighted by Crippen LogP contribution is 2.19. The molecule has 0 bridgehead atoms. The summed E-state index contributed by atoms with van der Waals surface area (Å²) in [5.74, 6) is 0.453. The van der Waals surface area contributed by atoms with E-state index in [0.29, 0.717) is 24.4 Å². The Kier molecular flexibility index (Phi) is 5.10. The Morgan fingerprint density at radius 3 is 2.82 bits per heavy atom. The van der Waals surface area contributed by atoms with Crippen molar-refractivity contribution in [2.45, 2.75) is 19.3 Å². The van der Waals surface area contributed by atoms with Gasteiger partial charge in [-0.3, -0.25) is 19.4 Å². The first-order chi connectivity index (χ1) is 13.6. The van der Waals surface area contributed by atoms with Crippen molar-refractivity contribution in [1.29, 1.82) is 0 Å². The van der Waals surface area contributed by atoms with Crippen LogP contribution in [-0.2, 0) is 18.3 Å². The summed E-state index contributed by atoms with van der Waals surface area (Å²) >= 11 is 0. The number of carbonyl (C=O) groups is 2. The van der Waals surface area contributed by atoms with Gasteiger partial charge >= 0.3 is 0 Å². The number of carbonyl (C=O) groups excluding carboxylic acids is 2. The maximum Gasteiger partial charge on any atom is 0.254 e. The highest BCUT2D eigenvalue weighted by molar-refractivity contribution is 5.93. The van der Waals surface area contributed by atoms with Crippen molar-refractivity contribution in [1.82, 2.24) is 30.2 Å². The zero-order valence-corrected chi connectivity index (χ0v) is 15.9. The van der Waals surface area contributed by atoms with Gasteiger partial charge in [0.25, 0.3) is 5.91 Å². The lowest BCUT2D eigenvalue weighted by Gasteiger charge is -2.32. The first-order valence-electron chi connectivity index (χ1n) is 9.55. The van der Waals surface area contributed by atoms with Crippen LogP contribution in [0.15, 0.2) is 36.8 Å². The Morgan fingerprint density at radius 2 is 2.07 bits per heavy atom. The second-order valence-corrected chi connectivity index (χ2v) is 7.41. The number of aryl methyl sites for hydroxylation is 1. The van der Waals surface area contributed by atoms with E-state index in [0.717, 1.165) is 42.4 Å². The Morgan fingerprint density at radius 1 is 1.25 bits per heavy atom. The van der Waals surface area contributed by atoms with Gasteiger partial charge in [0.15, 0.2) is 0 Å². The molecule has 3 aromatic rings. The number of aromatic nitrogens is 4. The maximum absolute atomic E-state index is 12.6. The van der Waals surface area contributed by atoms with Crippen LogP contribution in [0.2, 0.25) is 0 Å². The maximum atomic E-state index is 12.6. The number of likely N-dealkylation sites (tertiary alicyclic amines) is 1. The normalized spacial score (nSPS) is 15.1. The third kappa shape index (κ3) is 4.05. The van der Waals surface area contributed by atoms with Gasteiger partial charge in [-0.25, -0.2) is 0 Å². The molecule has 2 aromatic heterocycles. The number of nitrogens with one attached hydrogen (secondary N) is 2. The van der Waals surface area contributed by atoms with E-state index in [1.807, 2.05) is 23.1 Å². The molecule has 2 N–H and O–H groups in total. The molecule has 2 amide bonds. The SMILES string of the molecule is Cn1cc(C(=O)NCC2CCN(C(=O)Cc3ccc4[nH]ncc4c3)CC2)cn1. The van der Waals surface area contributed by atoms with Crippen molar-refractivity contribution in [3.8, 4) is 0 Å². The number of fused-ring (bicyclic) bond motifs is 1. The summed E-state index contributed by atoms with van der Waals surface area (Å²) in [6.45, 7) is 2.10. The summed E-state index contributed by atoms with van der Waals surface area (Å²) < 4.78 is 1.61. The fraction of sp³-hybridized carbons (Fsp3) is 0.400. The molecular weight excluding hydrogens is 356 g/mol. The number of benzene rings is 1. The minimum absolute atomic E-state index is 0.0961. The third-order valence-corrected chi connectivity index (χ3v) is 5.35. The van der Waals surface area contributed by atoms with Gasteiger partial charge in [0.2, 0.25) is 5.91 Å². The minimum atomic E-state index is -0.0961. The van der Waals surface area contributed by atoms with Gasteiger partial charge in [-0.2, -0.15) is 10.2 Å². The van der Waals surface area contributed by atoms with Crippen LogP contribution in [0, 0.1) is 5.92 Å². The van der Waals surface area contributed by atoms with Gasteiger partial charge in [0, 0.05) is 38.3 Å². The first-order valence-corrected chi connectivity index (χ1v) is 9.55. The minimum Gasteiger partial charge on any atom is -0.352 e. The van der Waals surface area contributed by atoms with Crippen LogP contribution in [0.4, 0.5) is 0 Å². The Labute approximate surface area is 162 Å². The van der Waals surface area contributed by atoms with E-state index in [1.165, 1.54) is 0 Å². The van der Waals surface area contributed by atoms with E-state index >= 15 is 0 Å². The van der Waals surface area contributed by atoms with Gasteiger partial charge in [-0.15, -0.1) is 0 Å². The van der Waals surface area contributed by atoms with E-state index in [1.54, 1.807) is 30.3 Å². The molecule has 1 saturated heterocycles. The molecule has 8 nitrogen and oxygen atoms in total. The van der Waals surface area contributed by atoms with Crippen molar-refractivity contribution in [2.75, 3.05) is 19.6 Å². The standard InChI is InChI=1S/C20H24N6O2/c1-25-13-17(12-23-25)20(28)21-10-14-4-6-26(7-5-14)19(27)9-15-2-3-18-16(8-15)11-22-24-18/h2-3,8,11-14H,4-7,9-10H2,1H3,(H,21,28)(H,22,24). The quantitative estimate of drug-likeness (QED) is 0.701. The Bertz CT molecular complexity index is 983. The van der Waals surface area contributed by atoms with E-state index in [2.05, 4.69) is 20.6 Å². The Balaban J connectivity index is 1.24. The van der Waals surface area contributed by atoms with Crippen LogP contribution < -0.4 is 5.32 Å². The summed E-state index contributed by atoms with van der Waals surface area (Å²) in [7, 11) is 1.79. The molecule has 0 atom stereocenters. The Hall–Kier alpha value is -3.16. The molecular formula is C20H24N6O2. The molecule has 1 aliphatic heterocycles. The molecule has 8 heteroatoms. The lowest BCUT2D eigenvalue weighted by atomic mass is 9.96. The number of aromatic amines is 1. The largest absolute Gasteiger partial charge is 0.352 e. The van der Waals surface area contributed by atoms with Crippen molar-refractivity contribution in [3.63, 3.8) is 0 Å². The second kappa shape index (κ2) is 7.84. The predicted molar refractivity (Wildman–Crippen MR) is 105 cm³/mol. The average Bonchev–Trinajstić information content (AvgIpc) is 3.35. The number of H-pyrrole nitrogens is 1. The van der Waals surface area contributed by atoms with Gasteiger partial charge in [-0.05, 0) is 36.5 Å². The molecule has 0 aliphatic carbocycles. The van der Waals surface area contributed by atoms with E-state index in [4.69, 9.17) is 0 Å². The van der Waals surface area contributed by atoms with Crippen LogP contribution in [0.25, 0.3) is 10.9 Å². The molecule has 1 fully saturated rings. The lowest BCUT2D eigenvalue weighted by molar-refractivity contribution is -0.131. The number of rotatable bonds is 5. The summed E-state index contributed by atoms with van der Waals surface area (Å²) in [4.78, 5) is 26.7. The molecule has 0 radical (unpaired) electrons. The lowest BCUT2D eigenvalue weighted by Crippen LogP contribution is -2.42. The molecule has 4 rings (SSSR count). The van der Waals surface area contributed by atoms with Crippen molar-refractivity contribution in [3.05, 3.63) is 47.9 Å². The van der Waals surface area contributed by atoms with Gasteiger partial charge < -0.3 is 10.2 Å². The van der Waals surface area contributed by atoms with Crippen LogP contribution in [-0.4, -0.2) is 56.3 Å². The monoisotopic (exact) mass is 380 g/mol. The molecule has 146 valence electrons. The fourth-order valence-corrected chi connectivity index (χ4v) is 3.65. The smallest absolute Gasteiger partial charge is 0.254 e. The molecule has 0 unspecified atom stereocenters. The molecule has 1 aliphatic rings. The fourth-order valence-electron chi connectivity index (χ4n) is 3.65. The third-order valence-electron chi connectivity index (χ3n) is 5.35. The summed E-state index contributed by atoms with van der Waals surface area (Å²) in [6.07, 6.45) is 7.26. The second-order valence-electron chi connectivity index (χ2n) is 7.41. The molecule has 28 heavy (non-hydrogen) atoms.